The van der Waals surface area contributed by atoms with Gasteiger partial charge in [-0.1, -0.05) is 0 Å². The average molecular weight is 318 g/mol. The molecule has 1 heterocycles. The number of benzene rings is 1. The molecular formula is C17H22N2O4. The maximum atomic E-state index is 11.9. The topological polar surface area (TPSA) is 67.9 Å². The molecule has 1 aliphatic heterocycles. The van der Waals surface area contributed by atoms with Gasteiger partial charge in [-0.05, 0) is 48.9 Å². The lowest BCUT2D eigenvalue weighted by molar-refractivity contribution is -0.121. The Morgan fingerprint density at radius 1 is 1.35 bits per heavy atom. The Labute approximate surface area is 135 Å². The monoisotopic (exact) mass is 318 g/mol. The molecular weight excluding hydrogens is 296 g/mol. The lowest BCUT2D eigenvalue weighted by Gasteiger charge is -2.29. The molecule has 1 aromatic carbocycles. The normalized spacial score (nSPS) is 17.1. The molecule has 0 bridgehead atoms. The van der Waals surface area contributed by atoms with Crippen molar-refractivity contribution in [2.75, 3.05) is 37.3 Å². The first-order valence-electron chi connectivity index (χ1n) is 7.97. The fourth-order valence-corrected chi connectivity index (χ4v) is 2.71. The van der Waals surface area contributed by atoms with E-state index in [9.17, 15) is 9.59 Å². The SMILES string of the molecule is COCN1C(=O)CCc2cc(NC(=O)COCC3CC3)ccc21. The number of fused-ring (bicyclic) bond motifs is 1. The predicted molar refractivity (Wildman–Crippen MR) is 86.3 cm³/mol. The Morgan fingerprint density at radius 3 is 2.91 bits per heavy atom. The summed E-state index contributed by atoms with van der Waals surface area (Å²) in [6.07, 6.45) is 3.56. The van der Waals surface area contributed by atoms with Crippen LogP contribution in [0.5, 0.6) is 0 Å². The second kappa shape index (κ2) is 7.10. The van der Waals surface area contributed by atoms with Crippen LogP contribution in [0.15, 0.2) is 18.2 Å². The van der Waals surface area contributed by atoms with E-state index < -0.39 is 0 Å². The van der Waals surface area contributed by atoms with Gasteiger partial charge in [-0.2, -0.15) is 0 Å². The molecule has 1 aliphatic carbocycles. The van der Waals surface area contributed by atoms with Gasteiger partial charge in [0.1, 0.15) is 13.3 Å². The molecule has 0 unspecified atom stereocenters. The van der Waals surface area contributed by atoms with Crippen LogP contribution < -0.4 is 10.2 Å². The second-order valence-corrected chi connectivity index (χ2v) is 6.09. The minimum absolute atomic E-state index is 0.0598. The number of nitrogens with zero attached hydrogens (tertiary/aromatic N) is 1. The maximum absolute atomic E-state index is 11.9. The lowest BCUT2D eigenvalue weighted by atomic mass is 10.0. The van der Waals surface area contributed by atoms with Crippen LogP contribution in [0.4, 0.5) is 11.4 Å². The first-order valence-corrected chi connectivity index (χ1v) is 7.97. The minimum Gasteiger partial charge on any atom is -0.371 e. The van der Waals surface area contributed by atoms with Gasteiger partial charge in [0.05, 0.1) is 6.61 Å². The van der Waals surface area contributed by atoms with Crippen LogP contribution in [0, 0.1) is 5.92 Å². The van der Waals surface area contributed by atoms with E-state index in [1.807, 2.05) is 12.1 Å². The van der Waals surface area contributed by atoms with Gasteiger partial charge in [-0.25, -0.2) is 0 Å². The van der Waals surface area contributed by atoms with E-state index in [4.69, 9.17) is 9.47 Å². The highest BCUT2D eigenvalue weighted by Gasteiger charge is 2.24. The standard InChI is InChI=1S/C17H22N2O4/c1-22-11-19-15-6-5-14(8-13(15)4-7-17(19)21)18-16(20)10-23-9-12-2-3-12/h5-6,8,12H,2-4,7,9-11H2,1H3,(H,18,20). The van der Waals surface area contributed by atoms with Crippen LogP contribution in [0.1, 0.15) is 24.8 Å². The third kappa shape index (κ3) is 4.09. The molecule has 23 heavy (non-hydrogen) atoms. The molecule has 2 amide bonds. The van der Waals surface area contributed by atoms with Crippen LogP contribution in [-0.2, 0) is 25.5 Å². The second-order valence-electron chi connectivity index (χ2n) is 6.09. The van der Waals surface area contributed by atoms with Crippen molar-refractivity contribution < 1.29 is 19.1 Å². The van der Waals surface area contributed by atoms with E-state index in [1.165, 1.54) is 12.8 Å². The fourth-order valence-electron chi connectivity index (χ4n) is 2.71. The minimum atomic E-state index is -0.147. The van der Waals surface area contributed by atoms with Gasteiger partial charge in [0, 0.05) is 24.9 Å². The molecule has 124 valence electrons. The summed E-state index contributed by atoms with van der Waals surface area (Å²) < 4.78 is 10.5. The number of anilines is 2. The van der Waals surface area contributed by atoms with Crippen molar-refractivity contribution in [1.82, 2.24) is 0 Å². The third-order valence-corrected chi connectivity index (χ3v) is 4.11. The maximum Gasteiger partial charge on any atom is 0.250 e. The van der Waals surface area contributed by atoms with Crippen LogP contribution in [0.3, 0.4) is 0 Å². The zero-order chi connectivity index (χ0) is 16.2. The first kappa shape index (κ1) is 16.0. The summed E-state index contributed by atoms with van der Waals surface area (Å²) in [6.45, 7) is 1.00. The summed E-state index contributed by atoms with van der Waals surface area (Å²) in [5, 5.41) is 2.85. The molecule has 6 heteroatoms. The quantitative estimate of drug-likeness (QED) is 0.834. The van der Waals surface area contributed by atoms with Crippen molar-refractivity contribution in [3.05, 3.63) is 23.8 Å². The Balaban J connectivity index is 1.60. The Morgan fingerprint density at radius 2 is 2.17 bits per heavy atom. The van der Waals surface area contributed by atoms with Crippen LogP contribution in [0.2, 0.25) is 0 Å². The van der Waals surface area contributed by atoms with Gasteiger partial charge in [-0.15, -0.1) is 0 Å². The van der Waals surface area contributed by atoms with Gasteiger partial charge >= 0.3 is 0 Å². The largest absolute Gasteiger partial charge is 0.371 e. The van der Waals surface area contributed by atoms with Crippen molar-refractivity contribution >= 4 is 23.2 Å². The predicted octanol–water partition coefficient (Wildman–Crippen LogP) is 1.93. The first-order chi connectivity index (χ1) is 11.2. The molecule has 3 rings (SSSR count). The number of carbonyl (C=O) groups excluding carboxylic acids is 2. The number of nitrogens with one attached hydrogen (secondary N) is 1. The number of carbonyl (C=O) groups is 2. The summed E-state index contributed by atoms with van der Waals surface area (Å²) in [7, 11) is 1.57. The van der Waals surface area contributed by atoms with Gasteiger partial charge in [-0.3, -0.25) is 14.5 Å². The van der Waals surface area contributed by atoms with E-state index >= 15 is 0 Å². The van der Waals surface area contributed by atoms with E-state index in [1.54, 1.807) is 18.1 Å². The molecule has 0 atom stereocenters. The summed E-state index contributed by atoms with van der Waals surface area (Å²) in [5.74, 6) is 0.562. The number of methoxy groups -OCH3 is 1. The van der Waals surface area contributed by atoms with Gasteiger partial charge < -0.3 is 14.8 Å². The number of hydrogen-bond acceptors (Lipinski definition) is 4. The van der Waals surface area contributed by atoms with Gasteiger partial charge in [0.15, 0.2) is 0 Å². The molecule has 1 N–H and O–H groups in total. The van der Waals surface area contributed by atoms with E-state index in [2.05, 4.69) is 5.32 Å². The van der Waals surface area contributed by atoms with Crippen molar-refractivity contribution in [2.45, 2.75) is 25.7 Å². The molecule has 1 saturated carbocycles. The lowest BCUT2D eigenvalue weighted by Crippen LogP contribution is -2.36. The molecule has 0 spiro atoms. The van der Waals surface area contributed by atoms with Gasteiger partial charge in [0.25, 0.3) is 0 Å². The van der Waals surface area contributed by atoms with Crippen LogP contribution >= 0.6 is 0 Å². The van der Waals surface area contributed by atoms with E-state index in [-0.39, 0.29) is 25.2 Å². The molecule has 0 radical (unpaired) electrons. The number of aryl methyl sites for hydroxylation is 1. The number of amides is 2. The Bertz CT molecular complexity index is 598. The highest BCUT2D eigenvalue weighted by Crippen LogP contribution is 2.30. The van der Waals surface area contributed by atoms with Gasteiger partial charge in [0.2, 0.25) is 11.8 Å². The summed E-state index contributed by atoms with van der Waals surface area (Å²) in [4.78, 5) is 25.5. The van der Waals surface area contributed by atoms with Crippen molar-refractivity contribution in [3.63, 3.8) is 0 Å². The van der Waals surface area contributed by atoms with E-state index in [0.29, 0.717) is 25.4 Å². The molecule has 6 nitrogen and oxygen atoms in total. The molecule has 1 aromatic rings. The van der Waals surface area contributed by atoms with Crippen LogP contribution in [0.25, 0.3) is 0 Å². The molecule has 1 fully saturated rings. The zero-order valence-electron chi connectivity index (χ0n) is 13.3. The molecule has 0 saturated heterocycles. The third-order valence-electron chi connectivity index (χ3n) is 4.11. The smallest absolute Gasteiger partial charge is 0.250 e. The van der Waals surface area contributed by atoms with Crippen molar-refractivity contribution in [1.29, 1.82) is 0 Å². The molecule has 2 aliphatic rings. The average Bonchev–Trinajstić information content (AvgIpc) is 3.34. The highest BCUT2D eigenvalue weighted by atomic mass is 16.5. The number of rotatable bonds is 7. The number of hydrogen-bond donors (Lipinski definition) is 1. The molecule has 0 aromatic heterocycles. The zero-order valence-corrected chi connectivity index (χ0v) is 13.3. The summed E-state index contributed by atoms with van der Waals surface area (Å²) in [5.41, 5.74) is 2.62. The van der Waals surface area contributed by atoms with Crippen molar-refractivity contribution in [3.8, 4) is 0 Å². The highest BCUT2D eigenvalue weighted by molar-refractivity contribution is 5.97. The summed E-state index contributed by atoms with van der Waals surface area (Å²) >= 11 is 0. The number of ether oxygens (including phenoxy) is 2. The van der Waals surface area contributed by atoms with Crippen molar-refractivity contribution in [2.24, 2.45) is 5.92 Å². The fraction of sp³-hybridized carbons (Fsp3) is 0.529. The van der Waals surface area contributed by atoms with E-state index in [0.717, 1.165) is 16.9 Å². The summed E-state index contributed by atoms with van der Waals surface area (Å²) in [6, 6.07) is 5.58. The Kier molecular flexibility index (Phi) is 4.93. The van der Waals surface area contributed by atoms with Crippen LogP contribution in [-0.4, -0.2) is 38.9 Å². The Hall–Kier alpha value is -1.92.